The first kappa shape index (κ1) is 22.1. The fourth-order valence-electron chi connectivity index (χ4n) is 2.83. The number of rotatable bonds is 8. The zero-order valence-corrected chi connectivity index (χ0v) is 16.1. The summed E-state index contributed by atoms with van der Waals surface area (Å²) in [6.45, 7) is 1.47. The van der Waals surface area contributed by atoms with E-state index in [1.807, 2.05) is 0 Å². The van der Waals surface area contributed by atoms with E-state index < -0.39 is 48.5 Å². The number of ether oxygens (including phenoxy) is 1. The standard InChI is InChI=1S/C18H22F2N4O5/c1-4-21-14(26)10(2)22-13(25)9-24-15(27)18(3,23-17(24)28)11-5-7-12(8-6-11)29-16(19)20/h5-8,10,16H,4,9H2,1-3H3,(H,21,26)(H,22,25)(H,23,28)/t10-,18-/m0/s1. The molecule has 1 fully saturated rings. The van der Waals surface area contributed by atoms with Crippen LogP contribution in [0, 0.1) is 0 Å². The van der Waals surface area contributed by atoms with Crippen LogP contribution in [0.25, 0.3) is 0 Å². The molecular formula is C18H22F2N4O5. The summed E-state index contributed by atoms with van der Waals surface area (Å²) in [6.07, 6.45) is 0. The van der Waals surface area contributed by atoms with Gasteiger partial charge in [0.05, 0.1) is 0 Å². The third-order valence-electron chi connectivity index (χ3n) is 4.36. The number of urea groups is 1. The molecule has 1 aliphatic rings. The monoisotopic (exact) mass is 412 g/mol. The largest absolute Gasteiger partial charge is 0.435 e. The number of carbonyl (C=O) groups excluding carboxylic acids is 4. The average molecular weight is 412 g/mol. The predicted molar refractivity (Wildman–Crippen MR) is 97.0 cm³/mol. The highest BCUT2D eigenvalue weighted by molar-refractivity contribution is 6.09. The number of nitrogens with one attached hydrogen (secondary N) is 3. The lowest BCUT2D eigenvalue weighted by Crippen LogP contribution is -2.49. The number of alkyl halides is 2. The van der Waals surface area contributed by atoms with Gasteiger partial charge in [0.2, 0.25) is 11.8 Å². The zero-order chi connectivity index (χ0) is 21.8. The Morgan fingerprint density at radius 1 is 1.24 bits per heavy atom. The summed E-state index contributed by atoms with van der Waals surface area (Å²) in [5, 5.41) is 7.45. The lowest BCUT2D eigenvalue weighted by Gasteiger charge is -2.22. The third kappa shape index (κ3) is 4.98. The molecule has 1 aliphatic heterocycles. The van der Waals surface area contributed by atoms with Crippen molar-refractivity contribution in [2.75, 3.05) is 13.1 Å². The van der Waals surface area contributed by atoms with Crippen molar-refractivity contribution < 1.29 is 32.7 Å². The van der Waals surface area contributed by atoms with Crippen molar-refractivity contribution in [1.82, 2.24) is 20.9 Å². The van der Waals surface area contributed by atoms with Crippen molar-refractivity contribution in [3.8, 4) is 5.75 Å². The lowest BCUT2D eigenvalue weighted by atomic mass is 9.92. The minimum atomic E-state index is -2.99. The molecule has 1 saturated heterocycles. The second-order valence-electron chi connectivity index (χ2n) is 6.53. The summed E-state index contributed by atoms with van der Waals surface area (Å²) in [4.78, 5) is 49.6. The molecule has 9 nitrogen and oxygen atoms in total. The van der Waals surface area contributed by atoms with Crippen molar-refractivity contribution >= 4 is 23.8 Å². The van der Waals surface area contributed by atoms with E-state index in [0.29, 0.717) is 12.1 Å². The smallest absolute Gasteiger partial charge is 0.387 e. The molecule has 0 spiro atoms. The number of halogens is 2. The molecule has 11 heteroatoms. The van der Waals surface area contributed by atoms with Crippen LogP contribution >= 0.6 is 0 Å². The van der Waals surface area contributed by atoms with E-state index in [2.05, 4.69) is 20.7 Å². The maximum absolute atomic E-state index is 12.8. The molecule has 158 valence electrons. The number of likely N-dealkylation sites (N-methyl/N-ethyl adjacent to an activating group) is 1. The van der Waals surface area contributed by atoms with Crippen molar-refractivity contribution in [3.05, 3.63) is 29.8 Å². The zero-order valence-electron chi connectivity index (χ0n) is 16.1. The highest BCUT2D eigenvalue weighted by Gasteiger charge is 2.49. The molecule has 0 radical (unpaired) electrons. The van der Waals surface area contributed by atoms with Crippen molar-refractivity contribution in [3.63, 3.8) is 0 Å². The normalized spacial score (nSPS) is 19.7. The number of amides is 5. The van der Waals surface area contributed by atoms with Gasteiger partial charge in [-0.25, -0.2) is 4.79 Å². The van der Waals surface area contributed by atoms with Crippen molar-refractivity contribution in [1.29, 1.82) is 0 Å². The van der Waals surface area contributed by atoms with Gasteiger partial charge in [0.15, 0.2) is 0 Å². The molecule has 1 heterocycles. The summed E-state index contributed by atoms with van der Waals surface area (Å²) in [7, 11) is 0. The van der Waals surface area contributed by atoms with Gasteiger partial charge in [0.25, 0.3) is 5.91 Å². The van der Waals surface area contributed by atoms with Crippen molar-refractivity contribution in [2.24, 2.45) is 0 Å². The van der Waals surface area contributed by atoms with E-state index >= 15 is 0 Å². The summed E-state index contributed by atoms with van der Waals surface area (Å²) >= 11 is 0. The molecule has 0 aliphatic carbocycles. The molecule has 29 heavy (non-hydrogen) atoms. The van der Waals surface area contributed by atoms with Gasteiger partial charge in [0, 0.05) is 6.54 Å². The van der Waals surface area contributed by atoms with Crippen LogP contribution in [0.1, 0.15) is 26.3 Å². The maximum Gasteiger partial charge on any atom is 0.387 e. The molecule has 5 amide bonds. The van der Waals surface area contributed by atoms with Gasteiger partial charge in [0.1, 0.15) is 23.9 Å². The number of benzene rings is 1. The number of carbonyl (C=O) groups is 4. The molecule has 1 aromatic rings. The number of nitrogens with zero attached hydrogens (tertiary/aromatic N) is 1. The molecule has 3 N–H and O–H groups in total. The fourth-order valence-corrected chi connectivity index (χ4v) is 2.83. The van der Waals surface area contributed by atoms with E-state index in [9.17, 15) is 28.0 Å². The quantitative estimate of drug-likeness (QED) is 0.544. The molecule has 2 rings (SSSR count). The second-order valence-corrected chi connectivity index (χ2v) is 6.53. The predicted octanol–water partition coefficient (Wildman–Crippen LogP) is 0.696. The Morgan fingerprint density at radius 2 is 1.86 bits per heavy atom. The van der Waals surface area contributed by atoms with E-state index in [0.717, 1.165) is 4.90 Å². The summed E-state index contributed by atoms with van der Waals surface area (Å²) < 4.78 is 28.8. The molecule has 0 saturated carbocycles. The van der Waals surface area contributed by atoms with Crippen LogP contribution in [0.3, 0.4) is 0 Å². The molecule has 1 aromatic carbocycles. The first-order valence-corrected chi connectivity index (χ1v) is 8.85. The Balaban J connectivity index is 2.08. The van der Waals surface area contributed by atoms with Crippen LogP contribution < -0.4 is 20.7 Å². The molecule has 0 unspecified atom stereocenters. The molecule has 0 bridgehead atoms. The lowest BCUT2D eigenvalue weighted by molar-refractivity contribution is -0.135. The van der Waals surface area contributed by atoms with E-state index in [1.54, 1.807) is 6.92 Å². The van der Waals surface area contributed by atoms with Crippen LogP contribution in [-0.2, 0) is 19.9 Å². The average Bonchev–Trinajstić information content (AvgIpc) is 2.86. The molecule has 0 aromatic heterocycles. The highest BCUT2D eigenvalue weighted by atomic mass is 19.3. The van der Waals surface area contributed by atoms with Gasteiger partial charge < -0.3 is 20.7 Å². The van der Waals surface area contributed by atoms with E-state index in [4.69, 9.17) is 0 Å². The Labute approximate surface area is 165 Å². The molecule has 2 atom stereocenters. The van der Waals surface area contributed by atoms with E-state index in [-0.39, 0.29) is 5.75 Å². The third-order valence-corrected chi connectivity index (χ3v) is 4.36. The number of imide groups is 1. The summed E-state index contributed by atoms with van der Waals surface area (Å²) in [5.74, 6) is -1.86. The van der Waals surface area contributed by atoms with Crippen LogP contribution in [-0.4, -0.2) is 54.4 Å². The van der Waals surface area contributed by atoms with E-state index in [1.165, 1.54) is 38.1 Å². The number of hydrogen-bond donors (Lipinski definition) is 3. The Hall–Kier alpha value is -3.24. The minimum absolute atomic E-state index is 0.0975. The minimum Gasteiger partial charge on any atom is -0.435 e. The summed E-state index contributed by atoms with van der Waals surface area (Å²) in [6, 6.07) is 3.61. The van der Waals surface area contributed by atoms with Gasteiger partial charge in [-0.1, -0.05) is 12.1 Å². The van der Waals surface area contributed by atoms with Crippen LogP contribution in [0.2, 0.25) is 0 Å². The Morgan fingerprint density at radius 3 is 2.41 bits per heavy atom. The Bertz CT molecular complexity index is 802. The SMILES string of the molecule is CCNC(=O)[C@H](C)NC(=O)CN1C(=O)N[C@@](C)(c2ccc(OC(F)F)cc2)C1=O. The van der Waals surface area contributed by atoms with Gasteiger partial charge >= 0.3 is 12.6 Å². The highest BCUT2D eigenvalue weighted by Crippen LogP contribution is 2.30. The van der Waals surface area contributed by atoms with Gasteiger partial charge in [-0.15, -0.1) is 0 Å². The maximum atomic E-state index is 12.8. The number of hydrogen-bond acceptors (Lipinski definition) is 5. The van der Waals surface area contributed by atoms with Gasteiger partial charge in [-0.3, -0.25) is 19.3 Å². The summed E-state index contributed by atoms with van der Waals surface area (Å²) in [5.41, 5.74) is -1.15. The van der Waals surface area contributed by atoms with Crippen molar-refractivity contribution in [2.45, 2.75) is 39.0 Å². The Kier molecular flexibility index (Phi) is 6.72. The first-order valence-electron chi connectivity index (χ1n) is 8.85. The van der Waals surface area contributed by atoms with Gasteiger partial charge in [-0.2, -0.15) is 8.78 Å². The second kappa shape index (κ2) is 8.84. The van der Waals surface area contributed by atoms with Crippen LogP contribution in [0.4, 0.5) is 13.6 Å². The first-order chi connectivity index (χ1) is 13.6. The fraction of sp³-hybridized carbons (Fsp3) is 0.444. The van der Waals surface area contributed by atoms with Crippen LogP contribution in [0.5, 0.6) is 5.75 Å². The van der Waals surface area contributed by atoms with Crippen LogP contribution in [0.15, 0.2) is 24.3 Å². The van der Waals surface area contributed by atoms with Gasteiger partial charge in [-0.05, 0) is 38.5 Å². The topological polar surface area (TPSA) is 117 Å². The molecular weight excluding hydrogens is 390 g/mol.